The van der Waals surface area contributed by atoms with E-state index in [-0.39, 0.29) is 68.5 Å². The number of fused-ring (bicyclic) bond motifs is 7. The van der Waals surface area contributed by atoms with Gasteiger partial charge in [0.25, 0.3) is 0 Å². The van der Waals surface area contributed by atoms with E-state index in [4.69, 9.17) is 80.5 Å². The first-order valence-corrected chi connectivity index (χ1v) is 48.7. The van der Waals surface area contributed by atoms with E-state index in [0.29, 0.717) is 51.4 Å². The van der Waals surface area contributed by atoms with Gasteiger partial charge in [0.2, 0.25) is 6.29 Å². The van der Waals surface area contributed by atoms with E-state index in [1.807, 2.05) is 41.5 Å². The molecule has 0 aromatic rings. The molecule has 8 aliphatic heterocycles. The number of hydrogen-bond acceptors (Lipinski definition) is 44. The summed E-state index contributed by atoms with van der Waals surface area (Å²) in [7, 11) is 0. The van der Waals surface area contributed by atoms with E-state index in [1.165, 1.54) is 13.8 Å². The molecule has 0 amide bonds. The van der Waals surface area contributed by atoms with Crippen molar-refractivity contribution in [3.8, 4) is 0 Å². The van der Waals surface area contributed by atoms with Crippen molar-refractivity contribution in [2.24, 2.45) is 68.0 Å². The third-order valence-corrected chi connectivity index (χ3v) is 33.7. The van der Waals surface area contributed by atoms with Gasteiger partial charge in [0.05, 0.1) is 87.6 Å². The number of carboxylic acid groups (broad SMARTS) is 1. The lowest BCUT2D eigenvalue weighted by Gasteiger charge is -2.71. The fraction of sp³-hybridized carbons (Fsp3) is 0.925. The second kappa shape index (κ2) is 44.6. The molecule has 45 nitrogen and oxygen atoms in total. The summed E-state index contributed by atoms with van der Waals surface area (Å²) >= 11 is 0. The summed E-state index contributed by atoms with van der Waals surface area (Å²) in [5.41, 5.74) is -5.48. The average Bonchev–Trinajstić information content (AvgIpc) is 0.700. The van der Waals surface area contributed by atoms with Crippen LogP contribution in [0, 0.1) is 68.0 Å². The van der Waals surface area contributed by atoms with Gasteiger partial charge in [0.1, 0.15) is 158 Å². The number of carboxylic acids is 1. The second-order valence-corrected chi connectivity index (χ2v) is 42.9. The summed E-state index contributed by atoms with van der Waals surface area (Å²) in [6.07, 6.45) is -67.3. The van der Waals surface area contributed by atoms with Crippen molar-refractivity contribution in [2.45, 2.75) is 438 Å². The highest BCUT2D eigenvalue weighted by Gasteiger charge is 2.74. The molecule has 23 N–H and O–H groups in total. The molecule has 13 rings (SSSR count). The first-order valence-electron chi connectivity index (χ1n) is 48.7. The van der Waals surface area contributed by atoms with E-state index >= 15 is 4.79 Å². The predicted molar refractivity (Wildman–Crippen MR) is 461 cm³/mol. The van der Waals surface area contributed by atoms with Crippen LogP contribution in [0.4, 0.5) is 0 Å². The molecular formula is C93H150O45. The fourth-order valence-electron chi connectivity index (χ4n) is 24.6. The number of hydrogen-bond donors (Lipinski definition) is 23. The Bertz CT molecular complexity index is 4080. The maximum atomic E-state index is 16.4. The largest absolute Gasteiger partial charge is 0.479 e. The number of aldehydes is 1. The van der Waals surface area contributed by atoms with Gasteiger partial charge in [-0.15, -0.1) is 0 Å². The van der Waals surface area contributed by atoms with Crippen molar-refractivity contribution in [3.63, 3.8) is 0 Å². The molecule has 45 heteroatoms. The molecule has 12 fully saturated rings. The van der Waals surface area contributed by atoms with Gasteiger partial charge >= 0.3 is 17.9 Å². The average molecular weight is 1990 g/mol. The first kappa shape index (κ1) is 111. The van der Waals surface area contributed by atoms with Crippen LogP contribution in [0.3, 0.4) is 0 Å². The molecule has 52 atom stereocenters. The highest BCUT2D eigenvalue weighted by atomic mass is 16.8. The van der Waals surface area contributed by atoms with Crippen LogP contribution in [0.5, 0.6) is 0 Å². The number of rotatable bonds is 35. The summed E-state index contributed by atoms with van der Waals surface area (Å²) in [5, 5.41) is 256. The van der Waals surface area contributed by atoms with Gasteiger partial charge in [-0.25, -0.2) is 4.79 Å². The zero-order valence-electron chi connectivity index (χ0n) is 79.9. The molecule has 0 aromatic heterocycles. The highest BCUT2D eigenvalue weighted by molar-refractivity contribution is 5.80. The van der Waals surface area contributed by atoms with Crippen LogP contribution in [-0.4, -0.2) is 432 Å². The molecule has 138 heavy (non-hydrogen) atoms. The van der Waals surface area contributed by atoms with Gasteiger partial charge in [-0.1, -0.05) is 93.7 Å². The van der Waals surface area contributed by atoms with E-state index in [9.17, 15) is 137 Å². The van der Waals surface area contributed by atoms with Gasteiger partial charge in [-0.05, 0) is 135 Å². The lowest BCUT2D eigenvalue weighted by atomic mass is 9.33. The quantitative estimate of drug-likeness (QED) is 0.0122. The molecule has 0 radical (unpaired) electrons. The molecule has 8 heterocycles. The van der Waals surface area contributed by atoms with Crippen molar-refractivity contribution in [1.29, 1.82) is 0 Å². The van der Waals surface area contributed by atoms with Crippen LogP contribution in [0.15, 0.2) is 11.6 Å². The van der Waals surface area contributed by atoms with E-state index in [2.05, 4.69) is 26.8 Å². The monoisotopic (exact) mass is 1990 g/mol. The predicted octanol–water partition coefficient (Wildman–Crippen LogP) is -5.02. The number of esters is 2. The molecule has 0 bridgehead atoms. The number of ketones is 1. The summed E-state index contributed by atoms with van der Waals surface area (Å²) < 4.78 is 103. The number of aliphatic hydroxyl groups excluding tert-OH is 22. The zero-order chi connectivity index (χ0) is 101. The van der Waals surface area contributed by atoms with Crippen molar-refractivity contribution in [1.82, 2.24) is 0 Å². The van der Waals surface area contributed by atoms with E-state index < -0.39 is 359 Å². The maximum Gasteiger partial charge on any atom is 0.335 e. The standard InChI is InChI=1S/C93H150O45/c1-13-36(3)40(23-41(97)25-43(99)26-49(37(4)14-2)127-83-65(113)60(108)51(31-95)128-83)24-42(98)27-56(104)131-72-39(6)126-85(76(68(72)116)136-82-67(115)62(110)71(38(5)125-82)132-81-70(118)73(48(102)34-124-81)133-79-63(111)57(105)46(100)32-122-79)138-87(121)93-22-21-88(7,8)28-45(93)44-15-16-53-89(9)19-18-55(90(10,35-96)52(89)17-20-91(53,11)92(44,12)29-54(93)103)130-86-77(137-84-66(114)61(109)59(107)50(30-94)129-84)74(69(117)75(135-86)78(119)120)134-80-64(112)58(106)47(101)33-123-80/h15,35-40,42-43,45-55,57-77,79-86,94-95,98-103,105-118H,13-14,16-34H2,1-12H3,(H,119,120)/t36-,37-,38?,39?,40-,42-,43+,45?,46+,47+,48+,49-,50?,51-,52+,53?,54?,55-,57?,58-,59-,60?,61-,62?,63?,64?,65?,66?,67?,68?,69-,70?,71-,72-,73?,74-,75?,76?,77?,79-,80-,81-,82-,83+,84-,85-,86+,89?,90+,91-,92+,93+/m0/s1. The Morgan fingerprint density at radius 1 is 0.478 bits per heavy atom. The van der Waals surface area contributed by atoms with Crippen molar-refractivity contribution >= 4 is 30.0 Å². The Morgan fingerprint density at radius 2 is 1.01 bits per heavy atom. The normalized spacial score (nSPS) is 48.9. The zero-order valence-corrected chi connectivity index (χ0v) is 79.9. The topological polar surface area (TPSA) is 708 Å². The SMILES string of the molecule is CC[C@H](C)[C@@H](CC(=O)C[C@@H](O)C[C@H](O[C@@H]1O[C@@H](CO)C(O)C1O)[C@@H](C)CC)C[C@H](O)CC(=O)O[C@H]1C(C)O[C@@H](OC(=O)[C@]23CCC(C)(C)CC2C2=CCC4C5(C)CC[C@H](O[C@@H]6OC(C(=O)O)[C@@H](O)[C@H](O[C@@H]7OC[C@@H](O)[C@H](O)C7O)C6O[C@@H]6OC(CO)[C@H](O)[C@H](O)C6O)[C@](C)(C=O)[C@@H]5CC[C@]4(C)[C@]2(C)CC3O)C(O[C@@H]2OC(C)[C@H](O[C@@H]3OC[C@@H](O)C(O[C@@H]4OC[C@@H](O)C(O)C4O)C3O)C(O)C2O)C1O. The van der Waals surface area contributed by atoms with Crippen LogP contribution in [0.1, 0.15) is 186 Å². The summed E-state index contributed by atoms with van der Waals surface area (Å²) in [6, 6.07) is 0. The Morgan fingerprint density at radius 3 is 1.62 bits per heavy atom. The summed E-state index contributed by atoms with van der Waals surface area (Å²) in [4.78, 5) is 72.3. The number of aliphatic hydroxyl groups is 22. The Balaban J connectivity index is 0.748. The minimum absolute atomic E-state index is 0.0218. The van der Waals surface area contributed by atoms with E-state index in [1.54, 1.807) is 6.92 Å². The van der Waals surface area contributed by atoms with Crippen molar-refractivity contribution < 1.29 is 222 Å². The molecule has 5 aliphatic carbocycles. The van der Waals surface area contributed by atoms with E-state index in [0.717, 1.165) is 11.9 Å². The Kier molecular flexibility index (Phi) is 35.9. The minimum Gasteiger partial charge on any atom is -0.479 e. The van der Waals surface area contributed by atoms with Crippen LogP contribution >= 0.6 is 0 Å². The molecule has 8 saturated heterocycles. The van der Waals surface area contributed by atoms with Crippen LogP contribution in [0.25, 0.3) is 0 Å². The van der Waals surface area contributed by atoms with Crippen LogP contribution in [0.2, 0.25) is 0 Å². The number of aliphatic carboxylic acids is 1. The second-order valence-electron chi connectivity index (χ2n) is 42.9. The van der Waals surface area contributed by atoms with Crippen molar-refractivity contribution in [3.05, 3.63) is 11.6 Å². The van der Waals surface area contributed by atoms with Crippen LogP contribution in [-0.2, 0) is 104 Å². The Labute approximate surface area is 799 Å². The third kappa shape index (κ3) is 21.7. The first-order chi connectivity index (χ1) is 64.8. The van der Waals surface area contributed by atoms with Gasteiger partial charge in [-0.3, -0.25) is 14.4 Å². The lowest BCUT2D eigenvalue weighted by Crippen LogP contribution is -2.69. The fourth-order valence-corrected chi connectivity index (χ4v) is 24.6. The highest BCUT2D eigenvalue weighted by Crippen LogP contribution is 2.76. The molecule has 0 spiro atoms. The number of Topliss-reactive ketones (excluding diaryl/α,β-unsaturated/α-hetero) is 1. The minimum atomic E-state index is -2.26. The van der Waals surface area contributed by atoms with Gasteiger partial charge < -0.3 is 203 Å². The van der Waals surface area contributed by atoms with Crippen molar-refractivity contribution in [2.75, 3.05) is 33.0 Å². The number of allylic oxidation sites excluding steroid dienone is 2. The molecule has 0 aromatic carbocycles. The molecular weight excluding hydrogens is 1840 g/mol. The third-order valence-electron chi connectivity index (χ3n) is 33.7. The number of carbonyl (C=O) groups excluding carboxylic acids is 4. The van der Waals surface area contributed by atoms with Gasteiger partial charge in [0, 0.05) is 19.3 Å². The summed E-state index contributed by atoms with van der Waals surface area (Å²) in [6.45, 7) is 19.0. The number of carbonyl (C=O) groups is 5. The lowest BCUT2D eigenvalue weighted by molar-refractivity contribution is -0.391. The van der Waals surface area contributed by atoms with Gasteiger partial charge in [0.15, 0.2) is 62.3 Å². The molecule has 21 unspecified atom stereocenters. The number of ether oxygens (including phenoxy) is 17. The maximum absolute atomic E-state index is 16.4. The molecule has 792 valence electrons. The summed E-state index contributed by atoms with van der Waals surface area (Å²) in [5.74, 6) is -6.97. The Hall–Kier alpha value is -3.99. The smallest absolute Gasteiger partial charge is 0.335 e. The van der Waals surface area contributed by atoms with Crippen LogP contribution < -0.4 is 0 Å². The molecule has 4 saturated carbocycles. The molecule has 13 aliphatic rings. The van der Waals surface area contributed by atoms with Gasteiger partial charge in [-0.2, -0.15) is 0 Å².